The topological polar surface area (TPSA) is 56.7 Å². The van der Waals surface area contributed by atoms with E-state index in [-0.39, 0.29) is 11.3 Å². The summed E-state index contributed by atoms with van der Waals surface area (Å²) in [7, 11) is 1.52. The number of hydrogen-bond donors (Lipinski definition) is 0. The first-order valence-electron chi connectivity index (χ1n) is 7.62. The number of hydrogen-bond acceptors (Lipinski definition) is 1. The van der Waals surface area contributed by atoms with E-state index in [2.05, 4.69) is 4.79 Å². The first-order valence-corrected chi connectivity index (χ1v) is 7.99. The van der Waals surface area contributed by atoms with E-state index in [4.69, 9.17) is 17.1 Å². The molecule has 0 aliphatic carbocycles. The number of benzene rings is 2. The van der Waals surface area contributed by atoms with Gasteiger partial charge < -0.3 is 10.4 Å². The van der Waals surface area contributed by atoms with Crippen molar-refractivity contribution in [1.82, 2.24) is 4.90 Å². The summed E-state index contributed by atoms with van der Waals surface area (Å²) in [6.07, 6.45) is -3.93. The van der Waals surface area contributed by atoms with Crippen LogP contribution in [0.3, 0.4) is 0 Å². The highest BCUT2D eigenvalue weighted by atomic mass is 35.5. The van der Waals surface area contributed by atoms with Crippen molar-refractivity contribution in [2.24, 2.45) is 0 Å². The van der Waals surface area contributed by atoms with Crippen LogP contribution in [0.25, 0.3) is 5.53 Å². The van der Waals surface area contributed by atoms with Crippen molar-refractivity contribution in [2.45, 2.75) is 12.6 Å². The molecule has 0 bridgehead atoms. The molecule has 0 fully saturated rings. The number of halogens is 4. The molecule has 0 saturated heterocycles. The molecule has 2 aromatic carbocycles. The van der Waals surface area contributed by atoms with E-state index in [1.54, 1.807) is 12.1 Å². The minimum atomic E-state index is -4.48. The fourth-order valence-corrected chi connectivity index (χ4v) is 2.40. The molecule has 0 heterocycles. The molecule has 0 spiro atoms. The van der Waals surface area contributed by atoms with Gasteiger partial charge in [-0.15, -0.1) is 0 Å². The minimum absolute atomic E-state index is 0.101. The molecule has 0 aromatic heterocycles. The smallest absolute Gasteiger partial charge is 0.361 e. The van der Waals surface area contributed by atoms with Crippen molar-refractivity contribution >= 4 is 23.2 Å². The van der Waals surface area contributed by atoms with E-state index in [1.165, 1.54) is 11.9 Å². The van der Waals surface area contributed by atoms with Gasteiger partial charge in [0.15, 0.2) is 0 Å². The number of rotatable bonds is 5. The zero-order valence-corrected chi connectivity index (χ0v) is 14.6. The minimum Gasteiger partial charge on any atom is -0.361 e. The Morgan fingerprint density at radius 3 is 2.19 bits per heavy atom. The van der Waals surface area contributed by atoms with Gasteiger partial charge in [-0.3, -0.25) is 4.79 Å². The third kappa shape index (κ3) is 4.94. The lowest BCUT2D eigenvalue weighted by atomic mass is 10.1. The first-order chi connectivity index (χ1) is 12.2. The van der Waals surface area contributed by atoms with Gasteiger partial charge in [0.05, 0.1) is 11.1 Å². The molecule has 0 aliphatic rings. The highest BCUT2D eigenvalue weighted by Crippen LogP contribution is 2.29. The van der Waals surface area contributed by atoms with Crippen LogP contribution in [0.15, 0.2) is 48.5 Å². The van der Waals surface area contributed by atoms with Crippen LogP contribution in [-0.4, -0.2) is 34.9 Å². The molecule has 0 N–H and O–H groups in total. The molecule has 4 nitrogen and oxygen atoms in total. The van der Waals surface area contributed by atoms with Crippen LogP contribution in [0.4, 0.5) is 13.2 Å². The van der Waals surface area contributed by atoms with Crippen LogP contribution in [0.1, 0.15) is 16.7 Å². The lowest BCUT2D eigenvalue weighted by Gasteiger charge is -2.15. The van der Waals surface area contributed by atoms with Gasteiger partial charge >= 0.3 is 17.8 Å². The van der Waals surface area contributed by atoms with Crippen LogP contribution in [0.2, 0.25) is 5.02 Å². The largest absolute Gasteiger partial charge is 0.416 e. The molecule has 0 saturated carbocycles. The quantitative estimate of drug-likeness (QED) is 0.437. The lowest BCUT2D eigenvalue weighted by molar-refractivity contribution is -0.137. The van der Waals surface area contributed by atoms with Gasteiger partial charge in [0.25, 0.3) is 0 Å². The van der Waals surface area contributed by atoms with Gasteiger partial charge in [-0.1, -0.05) is 23.7 Å². The number of nitrogens with zero attached hydrogens (tertiary/aromatic N) is 3. The maximum Gasteiger partial charge on any atom is 0.416 e. The van der Waals surface area contributed by atoms with Crippen LogP contribution in [0, 0.1) is 0 Å². The van der Waals surface area contributed by atoms with E-state index in [1.807, 2.05) is 12.1 Å². The summed E-state index contributed by atoms with van der Waals surface area (Å²) in [5, 5.41) is 0.607. The Hall–Kier alpha value is -2.63. The van der Waals surface area contributed by atoms with Crippen LogP contribution in [-0.2, 0) is 17.4 Å². The molecule has 0 unspecified atom stereocenters. The van der Waals surface area contributed by atoms with Crippen molar-refractivity contribution in [3.05, 3.63) is 75.8 Å². The summed E-state index contributed by atoms with van der Waals surface area (Å²) < 4.78 is 37.8. The Labute approximate surface area is 153 Å². The Morgan fingerprint density at radius 1 is 1.12 bits per heavy atom. The number of likely N-dealkylation sites (N-methyl/N-ethyl adjacent to an activating group) is 1. The van der Waals surface area contributed by atoms with Crippen LogP contribution >= 0.6 is 11.6 Å². The molecule has 0 aliphatic heterocycles. The molecule has 8 heteroatoms. The zero-order chi connectivity index (χ0) is 19.3. The third-order valence-electron chi connectivity index (χ3n) is 3.78. The normalized spacial score (nSPS) is 11.0. The Kier molecular flexibility index (Phi) is 6.18. The van der Waals surface area contributed by atoms with Gasteiger partial charge in [-0.2, -0.15) is 18.0 Å². The molecule has 2 rings (SSSR count). The second kappa shape index (κ2) is 8.17. The van der Waals surface area contributed by atoms with Crippen molar-refractivity contribution in [1.29, 1.82) is 0 Å². The van der Waals surface area contributed by atoms with E-state index in [0.29, 0.717) is 18.0 Å². The maximum atomic E-state index is 12.6. The molecule has 0 radical (unpaired) electrons. The monoisotopic (exact) mass is 381 g/mol. The van der Waals surface area contributed by atoms with Gasteiger partial charge in [-0.25, -0.2) is 0 Å². The maximum absolute atomic E-state index is 12.6. The summed E-state index contributed by atoms with van der Waals surface area (Å²) in [5.74, 6) is -0.596. The fourth-order valence-electron chi connectivity index (χ4n) is 2.27. The van der Waals surface area contributed by atoms with Crippen LogP contribution < -0.4 is 0 Å². The molecular formula is C18H15ClF3N3O. The summed E-state index contributed by atoms with van der Waals surface area (Å²) >= 11 is 5.81. The Morgan fingerprint density at radius 2 is 1.69 bits per heavy atom. The van der Waals surface area contributed by atoms with E-state index in [9.17, 15) is 18.0 Å². The molecule has 136 valence electrons. The first kappa shape index (κ1) is 19.7. The lowest BCUT2D eigenvalue weighted by Crippen LogP contribution is -2.35. The second-order valence-corrected chi connectivity index (χ2v) is 6.06. The van der Waals surface area contributed by atoms with Gasteiger partial charge in [0.1, 0.15) is 0 Å². The average molecular weight is 382 g/mol. The Balaban J connectivity index is 2.07. The number of carbonyl (C=O) groups excluding carboxylic acids is 1. The molecule has 0 atom stereocenters. The summed E-state index contributed by atoms with van der Waals surface area (Å²) in [5.41, 5.74) is 9.04. The number of carbonyl (C=O) groups is 1. The van der Waals surface area contributed by atoms with Crippen molar-refractivity contribution in [2.75, 3.05) is 13.6 Å². The summed E-state index contributed by atoms with van der Waals surface area (Å²) in [6.45, 7) is 0.333. The predicted octanol–water partition coefficient (Wildman–Crippen LogP) is 4.08. The average Bonchev–Trinajstić information content (AvgIpc) is 2.61. The third-order valence-corrected chi connectivity index (χ3v) is 4.04. The van der Waals surface area contributed by atoms with E-state index < -0.39 is 17.6 Å². The standard InChI is InChI=1S/C18H15ClF3N3O/c1-25(11-10-12-2-8-15(19)9-3-12)17(26)16(24-23)13-4-6-14(7-5-13)18(20,21)22/h2-9H,10-11H2,1H3. The van der Waals surface area contributed by atoms with Gasteiger partial charge in [0.2, 0.25) is 0 Å². The van der Waals surface area contributed by atoms with Crippen LogP contribution in [0.5, 0.6) is 0 Å². The SMILES string of the molecule is CN(CCc1ccc(Cl)cc1)C(=O)C(=[N+]=[N-])c1ccc(C(F)(F)F)cc1. The van der Waals surface area contributed by atoms with E-state index in [0.717, 1.165) is 29.8 Å². The van der Waals surface area contributed by atoms with Gasteiger partial charge in [0, 0.05) is 18.6 Å². The molecule has 2 aromatic rings. The van der Waals surface area contributed by atoms with Gasteiger partial charge in [-0.05, 0) is 48.4 Å². The Bertz CT molecular complexity index is 826. The summed E-state index contributed by atoms with van der Waals surface area (Å²) in [4.78, 5) is 16.7. The second-order valence-electron chi connectivity index (χ2n) is 5.63. The molecular weight excluding hydrogens is 367 g/mol. The van der Waals surface area contributed by atoms with E-state index >= 15 is 0 Å². The zero-order valence-electron chi connectivity index (χ0n) is 13.8. The van der Waals surface area contributed by atoms with Crippen molar-refractivity contribution in [3.8, 4) is 0 Å². The molecule has 26 heavy (non-hydrogen) atoms. The number of alkyl halides is 3. The van der Waals surface area contributed by atoms with Crippen molar-refractivity contribution < 1.29 is 22.8 Å². The predicted molar refractivity (Wildman–Crippen MR) is 92.0 cm³/mol. The highest BCUT2D eigenvalue weighted by molar-refractivity contribution is 6.42. The summed E-state index contributed by atoms with van der Waals surface area (Å²) in [6, 6.07) is 11.0. The highest BCUT2D eigenvalue weighted by Gasteiger charge is 2.32. The molecule has 1 amide bonds. The fraction of sp³-hybridized carbons (Fsp3) is 0.222. The van der Waals surface area contributed by atoms with Crippen molar-refractivity contribution in [3.63, 3.8) is 0 Å². The number of amides is 1.